The number of thiazole rings is 1. The molecule has 0 radical (unpaired) electrons. The topological polar surface area (TPSA) is 64.1 Å². The van der Waals surface area contributed by atoms with Crippen LogP contribution in [0.2, 0.25) is 0 Å². The molecule has 1 aromatic carbocycles. The van der Waals surface area contributed by atoms with Crippen LogP contribution in [-0.4, -0.2) is 29.0 Å². The molecule has 3 rings (SSSR count). The fraction of sp³-hybridized carbons (Fsp3) is 0.250. The van der Waals surface area contributed by atoms with Gasteiger partial charge in [0, 0.05) is 31.0 Å². The van der Waals surface area contributed by atoms with E-state index in [0.717, 1.165) is 28.6 Å². The van der Waals surface area contributed by atoms with Crippen LogP contribution in [0.5, 0.6) is 5.75 Å². The van der Waals surface area contributed by atoms with Gasteiger partial charge in [0.25, 0.3) is 0 Å². The summed E-state index contributed by atoms with van der Waals surface area (Å²) in [6.07, 6.45) is 3.64. The first-order valence-electron chi connectivity index (χ1n) is 8.61. The van der Waals surface area contributed by atoms with Crippen molar-refractivity contribution in [2.75, 3.05) is 13.2 Å². The van der Waals surface area contributed by atoms with Crippen molar-refractivity contribution in [1.29, 1.82) is 0 Å². The van der Waals surface area contributed by atoms with Gasteiger partial charge >= 0.3 is 0 Å². The number of hydrogen-bond acceptors (Lipinski definition) is 5. The summed E-state index contributed by atoms with van der Waals surface area (Å²) in [7, 11) is 0. The molecule has 0 aliphatic rings. The Morgan fingerprint density at radius 3 is 2.77 bits per heavy atom. The highest BCUT2D eigenvalue weighted by Gasteiger charge is 2.06. The number of pyridine rings is 1. The SMILES string of the molecule is O=C(CCCOc1ccccc1)NCCc1csc(-c2ccccn2)n1. The number of ether oxygens (including phenoxy) is 1. The second kappa shape index (κ2) is 9.68. The summed E-state index contributed by atoms with van der Waals surface area (Å²) in [5.74, 6) is 0.877. The van der Waals surface area contributed by atoms with Gasteiger partial charge in [0.15, 0.2) is 0 Å². The molecular weight excluding hydrogens is 346 g/mol. The minimum Gasteiger partial charge on any atom is -0.494 e. The number of carbonyl (C=O) groups is 1. The van der Waals surface area contributed by atoms with E-state index < -0.39 is 0 Å². The monoisotopic (exact) mass is 367 g/mol. The number of nitrogens with zero attached hydrogens (tertiary/aromatic N) is 2. The zero-order chi connectivity index (χ0) is 18.0. The number of amides is 1. The van der Waals surface area contributed by atoms with Crippen LogP contribution >= 0.6 is 11.3 Å². The van der Waals surface area contributed by atoms with Gasteiger partial charge in [0.2, 0.25) is 5.91 Å². The van der Waals surface area contributed by atoms with Gasteiger partial charge in [-0.1, -0.05) is 24.3 Å². The highest BCUT2D eigenvalue weighted by atomic mass is 32.1. The molecule has 1 amide bonds. The Hall–Kier alpha value is -2.73. The van der Waals surface area contributed by atoms with Crippen molar-refractivity contribution in [2.45, 2.75) is 19.3 Å². The maximum absolute atomic E-state index is 11.9. The minimum absolute atomic E-state index is 0.0434. The van der Waals surface area contributed by atoms with Crippen molar-refractivity contribution >= 4 is 17.2 Å². The molecule has 26 heavy (non-hydrogen) atoms. The van der Waals surface area contributed by atoms with Gasteiger partial charge in [0.05, 0.1) is 18.0 Å². The van der Waals surface area contributed by atoms with Crippen molar-refractivity contribution < 1.29 is 9.53 Å². The molecule has 0 fully saturated rings. The van der Waals surface area contributed by atoms with E-state index in [2.05, 4.69) is 15.3 Å². The Morgan fingerprint density at radius 1 is 1.12 bits per heavy atom. The Morgan fingerprint density at radius 2 is 1.96 bits per heavy atom. The second-order valence-corrected chi connectivity index (χ2v) is 6.58. The van der Waals surface area contributed by atoms with Gasteiger partial charge in [-0.2, -0.15) is 0 Å². The molecule has 0 atom stereocenters. The Balaban J connectivity index is 1.32. The molecule has 0 bridgehead atoms. The zero-order valence-corrected chi connectivity index (χ0v) is 15.2. The fourth-order valence-corrected chi connectivity index (χ4v) is 3.22. The standard InChI is InChI=1S/C20H21N3O2S/c24-19(10-6-14-25-17-7-2-1-3-8-17)22-13-11-16-15-26-20(23-16)18-9-4-5-12-21-18/h1-5,7-9,12,15H,6,10-11,13-14H2,(H,22,24). The van der Waals surface area contributed by atoms with E-state index in [9.17, 15) is 4.79 Å². The van der Waals surface area contributed by atoms with Gasteiger partial charge in [-0.3, -0.25) is 9.78 Å². The molecule has 0 saturated heterocycles. The molecule has 134 valence electrons. The lowest BCUT2D eigenvalue weighted by Gasteiger charge is -2.06. The first kappa shape index (κ1) is 18.1. The van der Waals surface area contributed by atoms with E-state index in [4.69, 9.17) is 4.74 Å². The van der Waals surface area contributed by atoms with E-state index in [1.807, 2.05) is 53.9 Å². The van der Waals surface area contributed by atoms with E-state index in [-0.39, 0.29) is 5.91 Å². The molecule has 0 aliphatic carbocycles. The first-order chi connectivity index (χ1) is 12.8. The summed E-state index contributed by atoms with van der Waals surface area (Å²) in [6, 6.07) is 15.4. The van der Waals surface area contributed by atoms with Crippen LogP contribution in [0, 0.1) is 0 Å². The molecule has 6 heteroatoms. The molecule has 1 N–H and O–H groups in total. The second-order valence-electron chi connectivity index (χ2n) is 5.72. The van der Waals surface area contributed by atoms with E-state index in [0.29, 0.717) is 26.0 Å². The Bertz CT molecular complexity index is 806. The van der Waals surface area contributed by atoms with E-state index in [1.165, 1.54) is 0 Å². The van der Waals surface area contributed by atoms with E-state index in [1.54, 1.807) is 17.5 Å². The molecule has 2 heterocycles. The third-order valence-corrected chi connectivity index (χ3v) is 4.61. The lowest BCUT2D eigenvalue weighted by molar-refractivity contribution is -0.121. The fourth-order valence-electron chi connectivity index (χ4n) is 2.39. The largest absolute Gasteiger partial charge is 0.494 e. The van der Waals surface area contributed by atoms with E-state index >= 15 is 0 Å². The van der Waals surface area contributed by atoms with Gasteiger partial charge in [-0.15, -0.1) is 11.3 Å². The number of carbonyl (C=O) groups excluding carboxylic acids is 1. The van der Waals surface area contributed by atoms with Crippen molar-refractivity contribution in [3.8, 4) is 16.5 Å². The van der Waals surface area contributed by atoms with Crippen LogP contribution in [0.25, 0.3) is 10.7 Å². The summed E-state index contributed by atoms with van der Waals surface area (Å²) < 4.78 is 5.58. The average Bonchev–Trinajstić information content (AvgIpc) is 3.16. The number of hydrogen-bond donors (Lipinski definition) is 1. The smallest absolute Gasteiger partial charge is 0.220 e. The minimum atomic E-state index is 0.0434. The molecule has 3 aromatic rings. The van der Waals surface area contributed by atoms with Gasteiger partial charge in [0.1, 0.15) is 10.8 Å². The van der Waals surface area contributed by atoms with Crippen molar-refractivity contribution in [3.63, 3.8) is 0 Å². The van der Waals surface area contributed by atoms with Crippen LogP contribution < -0.4 is 10.1 Å². The number of nitrogens with one attached hydrogen (secondary N) is 1. The Kier molecular flexibility index (Phi) is 6.73. The van der Waals surface area contributed by atoms with Gasteiger partial charge in [-0.05, 0) is 30.7 Å². The highest BCUT2D eigenvalue weighted by molar-refractivity contribution is 7.13. The molecular formula is C20H21N3O2S. The van der Waals surface area contributed by atoms with Crippen molar-refractivity contribution in [3.05, 3.63) is 65.8 Å². The number of benzene rings is 1. The van der Waals surface area contributed by atoms with Crippen molar-refractivity contribution in [2.24, 2.45) is 0 Å². The molecule has 0 saturated carbocycles. The quantitative estimate of drug-likeness (QED) is 0.586. The molecule has 5 nitrogen and oxygen atoms in total. The summed E-state index contributed by atoms with van der Waals surface area (Å²) in [4.78, 5) is 20.7. The summed E-state index contributed by atoms with van der Waals surface area (Å²) in [6.45, 7) is 1.13. The molecule has 0 aliphatic heterocycles. The number of rotatable bonds is 9. The predicted octanol–water partition coefficient (Wildman–Crippen LogP) is 3.72. The van der Waals surface area contributed by atoms with Gasteiger partial charge < -0.3 is 10.1 Å². The van der Waals surface area contributed by atoms with Gasteiger partial charge in [-0.25, -0.2) is 4.98 Å². The summed E-state index contributed by atoms with van der Waals surface area (Å²) >= 11 is 1.57. The maximum atomic E-state index is 11.9. The zero-order valence-electron chi connectivity index (χ0n) is 14.4. The molecule has 0 spiro atoms. The lowest BCUT2D eigenvalue weighted by atomic mass is 10.3. The Labute approximate surface area is 157 Å². The third-order valence-electron chi connectivity index (χ3n) is 3.70. The average molecular weight is 367 g/mol. The summed E-state index contributed by atoms with van der Waals surface area (Å²) in [5.41, 5.74) is 1.86. The van der Waals surface area contributed by atoms with Crippen LogP contribution in [0.15, 0.2) is 60.1 Å². The molecule has 2 aromatic heterocycles. The van der Waals surface area contributed by atoms with Crippen LogP contribution in [-0.2, 0) is 11.2 Å². The summed E-state index contributed by atoms with van der Waals surface area (Å²) in [5, 5.41) is 5.86. The lowest BCUT2D eigenvalue weighted by Crippen LogP contribution is -2.25. The molecule has 0 unspecified atom stereocenters. The third kappa shape index (κ3) is 5.67. The normalized spacial score (nSPS) is 10.5. The highest BCUT2D eigenvalue weighted by Crippen LogP contribution is 2.21. The number of para-hydroxylation sites is 1. The van der Waals surface area contributed by atoms with Crippen LogP contribution in [0.1, 0.15) is 18.5 Å². The maximum Gasteiger partial charge on any atom is 0.220 e. The van der Waals surface area contributed by atoms with Crippen LogP contribution in [0.3, 0.4) is 0 Å². The first-order valence-corrected chi connectivity index (χ1v) is 9.49. The van der Waals surface area contributed by atoms with Crippen LogP contribution in [0.4, 0.5) is 0 Å². The predicted molar refractivity (Wildman–Crippen MR) is 103 cm³/mol. The number of aromatic nitrogens is 2. The van der Waals surface area contributed by atoms with Crippen molar-refractivity contribution in [1.82, 2.24) is 15.3 Å².